The van der Waals surface area contributed by atoms with Crippen LogP contribution in [0, 0.1) is 0 Å². The van der Waals surface area contributed by atoms with Crippen LogP contribution in [0.3, 0.4) is 0 Å². The smallest absolute Gasteiger partial charge is 0.0768 e. The van der Waals surface area contributed by atoms with Crippen molar-refractivity contribution in [3.05, 3.63) is 0 Å². The largest absolute Gasteiger partial charge is 1.00 e. The lowest BCUT2D eigenvalue weighted by molar-refractivity contribution is -0.880. The predicted octanol–water partition coefficient (Wildman–Crippen LogP) is 4.89. The molecule has 260 valence electrons. The zero-order valence-electron chi connectivity index (χ0n) is 30.0. The van der Waals surface area contributed by atoms with Crippen molar-refractivity contribution in [2.24, 2.45) is 0 Å². The van der Waals surface area contributed by atoms with Crippen LogP contribution in [0.4, 0.5) is 0 Å². The van der Waals surface area contributed by atoms with Gasteiger partial charge in [-0.1, -0.05) is 194 Å². The Balaban J connectivity index is -0.00000176. The molecule has 0 heterocycles. The van der Waals surface area contributed by atoms with E-state index in [1.807, 2.05) is 0 Å². The minimum absolute atomic E-state index is 0. The molecule has 0 saturated carbocycles. The number of rotatable bonds is 34. The second kappa shape index (κ2) is 48.4. The van der Waals surface area contributed by atoms with Gasteiger partial charge in [0, 0.05) is 0 Å². The fraction of sp³-hybridized carbons (Fsp3) is 1.00. The summed E-state index contributed by atoms with van der Waals surface area (Å²) in [5.74, 6) is 0. The zero-order chi connectivity index (χ0) is 29.6. The lowest BCUT2D eigenvalue weighted by Gasteiger charge is -2.13. The van der Waals surface area contributed by atoms with Crippen molar-refractivity contribution in [1.29, 1.82) is 0 Å². The summed E-state index contributed by atoms with van der Waals surface area (Å²) < 4.78 is 0. The molecule has 0 spiro atoms. The SMILES string of the molecule is CCCCCCCCCCCCCCCCCC[NH+](C)CCCCCCCCCCCCCCCCCC.C[NH3+].[Cl-].[Cl-]. The third-order valence-electron chi connectivity index (χ3n) is 8.91. The summed E-state index contributed by atoms with van der Waals surface area (Å²) >= 11 is 0. The van der Waals surface area contributed by atoms with Crippen LogP contribution in [0.25, 0.3) is 0 Å². The van der Waals surface area contributed by atoms with Gasteiger partial charge < -0.3 is 35.4 Å². The Kier molecular flexibility index (Phi) is 56.9. The van der Waals surface area contributed by atoms with Gasteiger partial charge in [-0.2, -0.15) is 0 Å². The fourth-order valence-electron chi connectivity index (χ4n) is 6.07. The number of quaternary nitrogens is 2. The van der Waals surface area contributed by atoms with Crippen LogP contribution < -0.4 is 35.4 Å². The molecule has 0 atom stereocenters. The van der Waals surface area contributed by atoms with E-state index in [4.69, 9.17) is 0 Å². The number of hydrogen-bond acceptors (Lipinski definition) is 0. The van der Waals surface area contributed by atoms with Gasteiger partial charge in [-0.15, -0.1) is 0 Å². The van der Waals surface area contributed by atoms with Gasteiger partial charge in [0.25, 0.3) is 0 Å². The first kappa shape index (κ1) is 49.4. The van der Waals surface area contributed by atoms with Gasteiger partial charge in [0.2, 0.25) is 0 Å². The van der Waals surface area contributed by atoms with Gasteiger partial charge in [-0.25, -0.2) is 0 Å². The first-order valence-electron chi connectivity index (χ1n) is 19.3. The van der Waals surface area contributed by atoms with E-state index >= 15 is 0 Å². The molecule has 0 bridgehead atoms. The monoisotopic (exact) mass is 639 g/mol. The third-order valence-corrected chi connectivity index (χ3v) is 8.91. The summed E-state index contributed by atoms with van der Waals surface area (Å²) in [7, 11) is 4.18. The van der Waals surface area contributed by atoms with E-state index in [1.165, 1.54) is 219 Å². The van der Waals surface area contributed by atoms with Crippen molar-refractivity contribution in [3.8, 4) is 0 Å². The minimum atomic E-state index is 0. The maximum atomic E-state index is 3.25. The van der Waals surface area contributed by atoms with Gasteiger partial charge >= 0.3 is 0 Å². The molecule has 2 nitrogen and oxygen atoms in total. The number of nitrogens with one attached hydrogen (secondary N) is 1. The summed E-state index contributed by atoms with van der Waals surface area (Å²) in [4.78, 5) is 1.78. The van der Waals surface area contributed by atoms with Crippen LogP contribution in [0.15, 0.2) is 0 Å². The van der Waals surface area contributed by atoms with Gasteiger partial charge in [-0.3, -0.25) is 0 Å². The van der Waals surface area contributed by atoms with E-state index in [-0.39, 0.29) is 24.8 Å². The van der Waals surface area contributed by atoms with Gasteiger partial charge in [0.15, 0.2) is 0 Å². The van der Waals surface area contributed by atoms with E-state index in [0.717, 1.165) is 0 Å². The Morgan fingerprint density at radius 2 is 0.429 bits per heavy atom. The maximum Gasteiger partial charge on any atom is 0.0768 e. The summed E-state index contributed by atoms with van der Waals surface area (Å²) in [5, 5.41) is 0. The highest BCUT2D eigenvalue weighted by atomic mass is 35.5. The Morgan fingerprint density at radius 3 is 0.595 bits per heavy atom. The molecule has 0 unspecified atom stereocenters. The van der Waals surface area contributed by atoms with Crippen molar-refractivity contribution < 1.29 is 35.4 Å². The molecule has 0 aromatic rings. The van der Waals surface area contributed by atoms with Crippen molar-refractivity contribution in [2.75, 3.05) is 27.2 Å². The second-order valence-corrected chi connectivity index (χ2v) is 13.1. The van der Waals surface area contributed by atoms with Crippen molar-refractivity contribution in [3.63, 3.8) is 0 Å². The first-order valence-corrected chi connectivity index (χ1v) is 19.3. The first-order chi connectivity index (χ1) is 19.8. The molecule has 0 saturated heterocycles. The van der Waals surface area contributed by atoms with Crippen LogP contribution in [0.2, 0.25) is 0 Å². The number of halogens is 2. The molecular weight excluding hydrogens is 555 g/mol. The second-order valence-electron chi connectivity index (χ2n) is 13.1. The van der Waals surface area contributed by atoms with Crippen LogP contribution in [-0.4, -0.2) is 27.2 Å². The predicted molar refractivity (Wildman–Crippen MR) is 185 cm³/mol. The molecule has 0 rings (SSSR count). The zero-order valence-corrected chi connectivity index (χ0v) is 31.5. The minimum Gasteiger partial charge on any atom is -1.00 e. The van der Waals surface area contributed by atoms with E-state index in [1.54, 1.807) is 11.9 Å². The summed E-state index contributed by atoms with van der Waals surface area (Å²) in [6, 6.07) is 0. The molecule has 0 aromatic carbocycles. The van der Waals surface area contributed by atoms with Gasteiger partial charge in [0.1, 0.15) is 0 Å². The maximum absolute atomic E-state index is 3.25. The molecule has 0 aliphatic rings. The van der Waals surface area contributed by atoms with E-state index in [0.29, 0.717) is 0 Å². The highest BCUT2D eigenvalue weighted by Crippen LogP contribution is 2.15. The molecule has 4 heteroatoms. The standard InChI is InChI=1S/C37H77N.CH5N.2ClH/c1-4-6-8-10-12-14-16-18-20-22-24-26-28-30-32-34-36-38(3)37-35-33-31-29-27-25-23-21-19-17-15-13-11-9-7-5-2;1-2;;/h4-37H2,1-3H3;2H2,1H3;2*1H. The van der Waals surface area contributed by atoms with Gasteiger partial charge in [-0.05, 0) is 25.7 Å². The van der Waals surface area contributed by atoms with Crippen molar-refractivity contribution in [2.45, 2.75) is 219 Å². The van der Waals surface area contributed by atoms with Crippen molar-refractivity contribution >= 4 is 0 Å². The topological polar surface area (TPSA) is 32.1 Å². The van der Waals surface area contributed by atoms with Crippen LogP contribution >= 0.6 is 0 Å². The number of hydrogen-bond donors (Lipinski definition) is 2. The average Bonchev–Trinajstić information content (AvgIpc) is 2.97. The Labute approximate surface area is 281 Å². The number of unbranched alkanes of at least 4 members (excludes halogenated alkanes) is 30. The highest BCUT2D eigenvalue weighted by molar-refractivity contribution is 4.51. The third kappa shape index (κ3) is 47.4. The normalized spacial score (nSPS) is 10.7. The highest BCUT2D eigenvalue weighted by Gasteiger charge is 2.02. The Hall–Kier alpha value is 0.500. The molecule has 42 heavy (non-hydrogen) atoms. The van der Waals surface area contributed by atoms with Crippen LogP contribution in [-0.2, 0) is 0 Å². The van der Waals surface area contributed by atoms with Crippen molar-refractivity contribution in [1.82, 2.24) is 0 Å². The van der Waals surface area contributed by atoms with Crippen LogP contribution in [0.1, 0.15) is 219 Å². The summed E-state index contributed by atoms with van der Waals surface area (Å²) in [5.41, 5.74) is 3.25. The summed E-state index contributed by atoms with van der Waals surface area (Å²) in [6.07, 6.45) is 47.0. The fourth-order valence-corrected chi connectivity index (χ4v) is 6.07. The lowest BCUT2D eigenvalue weighted by Crippen LogP contribution is -3.09. The Morgan fingerprint density at radius 1 is 0.286 bits per heavy atom. The molecular formula is C38H84Cl2N2. The van der Waals surface area contributed by atoms with E-state index in [2.05, 4.69) is 26.6 Å². The lowest BCUT2D eigenvalue weighted by atomic mass is 10.0. The molecule has 0 fully saturated rings. The molecule has 0 amide bonds. The molecule has 0 radical (unpaired) electrons. The van der Waals surface area contributed by atoms with Crippen LogP contribution in [0.5, 0.6) is 0 Å². The van der Waals surface area contributed by atoms with E-state index < -0.39 is 0 Å². The quantitative estimate of drug-likeness (QED) is 0.0941. The average molecular weight is 640 g/mol. The van der Waals surface area contributed by atoms with E-state index in [9.17, 15) is 0 Å². The summed E-state index contributed by atoms with van der Waals surface area (Å²) in [6.45, 7) is 7.42. The van der Waals surface area contributed by atoms with Gasteiger partial charge in [0.05, 0.1) is 27.2 Å². The molecule has 0 aliphatic carbocycles. The molecule has 4 N–H and O–H groups in total. The molecule has 0 aromatic heterocycles. The Bertz CT molecular complexity index is 373. The molecule has 0 aliphatic heterocycles.